The first kappa shape index (κ1) is 17.6. The largest absolute Gasteiger partial charge is 0.496 e. The van der Waals surface area contributed by atoms with Gasteiger partial charge < -0.3 is 10.1 Å². The minimum absolute atomic E-state index is 0.0463. The smallest absolute Gasteiger partial charge is 0.224 e. The Morgan fingerprint density at radius 1 is 1.13 bits per heavy atom. The summed E-state index contributed by atoms with van der Waals surface area (Å²) in [6.45, 7) is 2.59. The van der Waals surface area contributed by atoms with Crippen LogP contribution in [0.4, 0.5) is 0 Å². The maximum atomic E-state index is 12.0. The lowest BCUT2D eigenvalue weighted by atomic mass is 10.1. The minimum atomic E-state index is -0.0463. The third-order valence-corrected chi connectivity index (χ3v) is 4.24. The maximum absolute atomic E-state index is 12.0. The second-order valence-corrected chi connectivity index (χ2v) is 6.15. The Hall–Kier alpha value is -1.71. The standard InChI is InChI=1S/C18H19Cl2NO2/c1-12-3-6-17(23-2)14(9-12)7-8-21-18(22)11-13-4-5-15(19)16(20)10-13/h3-6,9-10H,7-8,11H2,1-2H3,(H,21,22). The van der Waals surface area contributed by atoms with E-state index in [2.05, 4.69) is 11.4 Å². The van der Waals surface area contributed by atoms with Crippen LogP contribution in [0.3, 0.4) is 0 Å². The third-order valence-electron chi connectivity index (χ3n) is 3.50. The number of ether oxygens (including phenoxy) is 1. The zero-order valence-electron chi connectivity index (χ0n) is 13.2. The number of nitrogens with one attached hydrogen (secondary N) is 1. The molecule has 0 aliphatic rings. The average Bonchev–Trinajstić information content (AvgIpc) is 2.51. The van der Waals surface area contributed by atoms with Gasteiger partial charge in [0.1, 0.15) is 5.75 Å². The summed E-state index contributed by atoms with van der Waals surface area (Å²) < 4.78 is 5.34. The highest BCUT2D eigenvalue weighted by molar-refractivity contribution is 6.42. The Balaban J connectivity index is 1.87. The van der Waals surface area contributed by atoms with Gasteiger partial charge in [-0.05, 0) is 42.7 Å². The van der Waals surface area contributed by atoms with E-state index in [0.29, 0.717) is 16.6 Å². The quantitative estimate of drug-likeness (QED) is 0.846. The number of aryl methyl sites for hydroxylation is 1. The Kier molecular flexibility index (Phi) is 6.31. The van der Waals surface area contributed by atoms with Gasteiger partial charge in [-0.25, -0.2) is 0 Å². The number of hydrogen-bond donors (Lipinski definition) is 1. The SMILES string of the molecule is COc1ccc(C)cc1CCNC(=O)Cc1ccc(Cl)c(Cl)c1. The first-order valence-corrected chi connectivity index (χ1v) is 8.09. The Morgan fingerprint density at radius 3 is 2.61 bits per heavy atom. The molecule has 0 saturated carbocycles. The molecular formula is C18H19Cl2NO2. The van der Waals surface area contributed by atoms with Crippen LogP contribution in [0.5, 0.6) is 5.75 Å². The molecule has 0 radical (unpaired) electrons. The van der Waals surface area contributed by atoms with E-state index in [1.54, 1.807) is 25.3 Å². The fraction of sp³-hybridized carbons (Fsp3) is 0.278. The van der Waals surface area contributed by atoms with Crippen LogP contribution in [0, 0.1) is 6.92 Å². The predicted octanol–water partition coefficient (Wildman–Crippen LogP) is 4.21. The molecule has 2 rings (SSSR count). The van der Waals surface area contributed by atoms with Gasteiger partial charge in [-0.15, -0.1) is 0 Å². The first-order chi connectivity index (χ1) is 11.0. The predicted molar refractivity (Wildman–Crippen MR) is 94.6 cm³/mol. The van der Waals surface area contributed by atoms with Gasteiger partial charge in [0, 0.05) is 6.54 Å². The molecule has 2 aromatic rings. The van der Waals surface area contributed by atoms with Gasteiger partial charge >= 0.3 is 0 Å². The monoisotopic (exact) mass is 351 g/mol. The van der Waals surface area contributed by atoms with Crippen molar-refractivity contribution >= 4 is 29.1 Å². The van der Waals surface area contributed by atoms with Gasteiger partial charge in [0.15, 0.2) is 0 Å². The molecule has 1 amide bonds. The summed E-state index contributed by atoms with van der Waals surface area (Å²) in [7, 11) is 1.65. The number of carbonyl (C=O) groups is 1. The van der Waals surface area contributed by atoms with Crippen molar-refractivity contribution in [1.82, 2.24) is 5.32 Å². The van der Waals surface area contributed by atoms with Crippen molar-refractivity contribution in [2.45, 2.75) is 19.8 Å². The van der Waals surface area contributed by atoms with Crippen molar-refractivity contribution in [3.63, 3.8) is 0 Å². The zero-order valence-corrected chi connectivity index (χ0v) is 14.7. The topological polar surface area (TPSA) is 38.3 Å². The molecule has 0 bridgehead atoms. The summed E-state index contributed by atoms with van der Waals surface area (Å²) in [6.07, 6.45) is 1.000. The van der Waals surface area contributed by atoms with E-state index in [1.807, 2.05) is 19.1 Å². The van der Waals surface area contributed by atoms with E-state index < -0.39 is 0 Å². The first-order valence-electron chi connectivity index (χ1n) is 7.33. The Bertz CT molecular complexity index is 701. The van der Waals surface area contributed by atoms with Crippen LogP contribution in [0.15, 0.2) is 36.4 Å². The van der Waals surface area contributed by atoms with Gasteiger partial charge in [0.25, 0.3) is 0 Å². The summed E-state index contributed by atoms with van der Waals surface area (Å²) in [5.41, 5.74) is 3.09. The van der Waals surface area contributed by atoms with Crippen LogP contribution in [0.25, 0.3) is 0 Å². The highest BCUT2D eigenvalue weighted by Gasteiger charge is 2.07. The summed E-state index contributed by atoms with van der Waals surface area (Å²) in [6, 6.07) is 11.2. The Labute approximate surface area is 146 Å². The molecule has 0 aromatic heterocycles. The molecular weight excluding hydrogens is 333 g/mol. The molecule has 0 aliphatic carbocycles. The van der Waals surface area contributed by atoms with Gasteiger partial charge in [-0.1, -0.05) is 47.0 Å². The van der Waals surface area contributed by atoms with Crippen molar-refractivity contribution in [3.05, 3.63) is 63.1 Å². The van der Waals surface area contributed by atoms with E-state index in [0.717, 1.165) is 23.3 Å². The van der Waals surface area contributed by atoms with Crippen molar-refractivity contribution < 1.29 is 9.53 Å². The zero-order chi connectivity index (χ0) is 16.8. The van der Waals surface area contributed by atoms with Crippen LogP contribution in [0.1, 0.15) is 16.7 Å². The number of hydrogen-bond acceptors (Lipinski definition) is 2. The third kappa shape index (κ3) is 5.15. The number of benzene rings is 2. The second kappa shape index (κ2) is 8.23. The van der Waals surface area contributed by atoms with E-state index in [-0.39, 0.29) is 12.3 Å². The number of methoxy groups -OCH3 is 1. The molecule has 0 spiro atoms. The van der Waals surface area contributed by atoms with E-state index >= 15 is 0 Å². The molecule has 0 atom stereocenters. The summed E-state index contributed by atoms with van der Waals surface area (Å²) >= 11 is 11.8. The average molecular weight is 352 g/mol. The van der Waals surface area contributed by atoms with Crippen molar-refractivity contribution in [1.29, 1.82) is 0 Å². The van der Waals surface area contributed by atoms with Gasteiger partial charge in [0.05, 0.1) is 23.6 Å². The lowest BCUT2D eigenvalue weighted by Crippen LogP contribution is -2.27. The summed E-state index contributed by atoms with van der Waals surface area (Å²) in [5, 5.41) is 3.86. The van der Waals surface area contributed by atoms with Crippen LogP contribution >= 0.6 is 23.2 Å². The van der Waals surface area contributed by atoms with Crippen LogP contribution in [0.2, 0.25) is 10.0 Å². The molecule has 0 unspecified atom stereocenters. The molecule has 0 fully saturated rings. The highest BCUT2D eigenvalue weighted by atomic mass is 35.5. The summed E-state index contributed by atoms with van der Waals surface area (Å²) in [5.74, 6) is 0.796. The van der Waals surface area contributed by atoms with Gasteiger partial charge in [-0.2, -0.15) is 0 Å². The molecule has 2 aromatic carbocycles. The fourth-order valence-corrected chi connectivity index (χ4v) is 2.66. The van der Waals surface area contributed by atoms with E-state index in [4.69, 9.17) is 27.9 Å². The van der Waals surface area contributed by atoms with Crippen molar-refractivity contribution in [2.24, 2.45) is 0 Å². The van der Waals surface area contributed by atoms with Crippen LogP contribution in [-0.2, 0) is 17.6 Å². The maximum Gasteiger partial charge on any atom is 0.224 e. The van der Waals surface area contributed by atoms with E-state index in [1.165, 1.54) is 5.56 Å². The molecule has 0 heterocycles. The van der Waals surface area contributed by atoms with Gasteiger partial charge in [0.2, 0.25) is 5.91 Å². The minimum Gasteiger partial charge on any atom is -0.496 e. The van der Waals surface area contributed by atoms with Crippen LogP contribution in [-0.4, -0.2) is 19.6 Å². The molecule has 0 aliphatic heterocycles. The number of carbonyl (C=O) groups excluding carboxylic acids is 1. The highest BCUT2D eigenvalue weighted by Crippen LogP contribution is 2.23. The van der Waals surface area contributed by atoms with Crippen molar-refractivity contribution in [2.75, 3.05) is 13.7 Å². The van der Waals surface area contributed by atoms with Crippen molar-refractivity contribution in [3.8, 4) is 5.75 Å². The van der Waals surface area contributed by atoms with E-state index in [9.17, 15) is 4.79 Å². The Morgan fingerprint density at radius 2 is 1.91 bits per heavy atom. The molecule has 1 N–H and O–H groups in total. The normalized spacial score (nSPS) is 10.4. The van der Waals surface area contributed by atoms with Crippen LogP contribution < -0.4 is 10.1 Å². The fourth-order valence-electron chi connectivity index (χ4n) is 2.34. The molecule has 3 nitrogen and oxygen atoms in total. The summed E-state index contributed by atoms with van der Waals surface area (Å²) in [4.78, 5) is 12.0. The molecule has 0 saturated heterocycles. The lowest BCUT2D eigenvalue weighted by molar-refractivity contribution is -0.120. The molecule has 122 valence electrons. The van der Waals surface area contributed by atoms with Gasteiger partial charge in [-0.3, -0.25) is 4.79 Å². The molecule has 5 heteroatoms. The number of amides is 1. The molecule has 23 heavy (non-hydrogen) atoms. The number of halogens is 2. The lowest BCUT2D eigenvalue weighted by Gasteiger charge is -2.10. The second-order valence-electron chi connectivity index (χ2n) is 5.34. The number of rotatable bonds is 6.